The molecule has 1 aliphatic heterocycles. The zero-order valence-corrected chi connectivity index (χ0v) is 7.71. The van der Waals surface area contributed by atoms with Crippen molar-refractivity contribution >= 4 is 5.91 Å². The van der Waals surface area contributed by atoms with Gasteiger partial charge in [0, 0.05) is 25.7 Å². The van der Waals surface area contributed by atoms with E-state index in [2.05, 4.69) is 17.1 Å². The molecule has 0 bridgehead atoms. The fourth-order valence-electron chi connectivity index (χ4n) is 1.60. The molecule has 0 radical (unpaired) electrons. The summed E-state index contributed by atoms with van der Waals surface area (Å²) in [5, 5.41) is 3.26. The van der Waals surface area contributed by atoms with E-state index in [1.807, 2.05) is 6.92 Å². The molecular formula is C8H17N3O. The van der Waals surface area contributed by atoms with Gasteiger partial charge in [0.2, 0.25) is 5.91 Å². The van der Waals surface area contributed by atoms with Crippen LogP contribution in [0.25, 0.3) is 0 Å². The highest BCUT2D eigenvalue weighted by molar-refractivity contribution is 5.79. The van der Waals surface area contributed by atoms with Crippen LogP contribution in [-0.2, 0) is 4.79 Å². The predicted octanol–water partition coefficient (Wildman–Crippen LogP) is -0.846. The van der Waals surface area contributed by atoms with E-state index in [4.69, 9.17) is 5.73 Å². The number of nitrogens with one attached hydrogen (secondary N) is 1. The average Bonchev–Trinajstić information content (AvgIpc) is 2.04. The highest BCUT2D eigenvalue weighted by atomic mass is 16.1. The number of rotatable bonds is 2. The molecule has 1 heterocycles. The minimum absolute atomic E-state index is 0.137. The Kier molecular flexibility index (Phi) is 3.05. The smallest absolute Gasteiger partial charge is 0.234 e. The average molecular weight is 171 g/mol. The normalized spacial score (nSPS) is 28.3. The summed E-state index contributed by atoms with van der Waals surface area (Å²) in [6, 6.07) is 0.267. The van der Waals surface area contributed by atoms with E-state index in [1.54, 1.807) is 0 Å². The van der Waals surface area contributed by atoms with E-state index in [9.17, 15) is 4.79 Å². The Labute approximate surface area is 73.1 Å². The number of piperazine rings is 1. The van der Waals surface area contributed by atoms with Crippen LogP contribution in [0.15, 0.2) is 0 Å². The number of carbonyl (C=O) groups excluding carboxylic acids is 1. The molecule has 1 saturated heterocycles. The molecule has 70 valence electrons. The second-order valence-electron chi connectivity index (χ2n) is 3.37. The van der Waals surface area contributed by atoms with Crippen LogP contribution in [0, 0.1) is 0 Å². The molecule has 4 heteroatoms. The van der Waals surface area contributed by atoms with Crippen LogP contribution in [0.2, 0.25) is 0 Å². The van der Waals surface area contributed by atoms with E-state index < -0.39 is 0 Å². The van der Waals surface area contributed by atoms with Gasteiger partial charge in [0.1, 0.15) is 0 Å². The molecule has 2 atom stereocenters. The molecule has 0 aliphatic carbocycles. The van der Waals surface area contributed by atoms with Crippen LogP contribution >= 0.6 is 0 Å². The molecule has 0 aromatic heterocycles. The summed E-state index contributed by atoms with van der Waals surface area (Å²) >= 11 is 0. The molecule has 1 fully saturated rings. The summed E-state index contributed by atoms with van der Waals surface area (Å²) in [7, 11) is 0. The number of amides is 1. The Morgan fingerprint density at radius 3 is 2.92 bits per heavy atom. The third-order valence-corrected chi connectivity index (χ3v) is 2.46. The van der Waals surface area contributed by atoms with Gasteiger partial charge in [-0.25, -0.2) is 0 Å². The fourth-order valence-corrected chi connectivity index (χ4v) is 1.60. The van der Waals surface area contributed by atoms with Gasteiger partial charge in [-0.2, -0.15) is 0 Å². The number of nitrogens with two attached hydrogens (primary N) is 1. The SMILES string of the molecule is CC1CNCCN1C(C)C(N)=O. The molecule has 1 amide bonds. The van der Waals surface area contributed by atoms with Gasteiger partial charge < -0.3 is 11.1 Å². The van der Waals surface area contributed by atoms with Crippen LogP contribution < -0.4 is 11.1 Å². The predicted molar refractivity (Wildman–Crippen MR) is 47.7 cm³/mol. The van der Waals surface area contributed by atoms with Gasteiger partial charge >= 0.3 is 0 Å². The maximum absolute atomic E-state index is 10.9. The molecule has 3 N–H and O–H groups in total. The van der Waals surface area contributed by atoms with Gasteiger partial charge in [-0.05, 0) is 13.8 Å². The van der Waals surface area contributed by atoms with Crippen molar-refractivity contribution in [2.75, 3.05) is 19.6 Å². The minimum atomic E-state index is -0.233. The van der Waals surface area contributed by atoms with Crippen LogP contribution in [0.1, 0.15) is 13.8 Å². The van der Waals surface area contributed by atoms with Crippen molar-refractivity contribution in [1.82, 2.24) is 10.2 Å². The number of nitrogens with zero attached hydrogens (tertiary/aromatic N) is 1. The quantitative estimate of drug-likeness (QED) is 0.569. The lowest BCUT2D eigenvalue weighted by Gasteiger charge is -2.36. The summed E-state index contributed by atoms with van der Waals surface area (Å²) in [4.78, 5) is 13.0. The summed E-state index contributed by atoms with van der Waals surface area (Å²) in [5.41, 5.74) is 5.23. The van der Waals surface area contributed by atoms with Gasteiger partial charge in [-0.15, -0.1) is 0 Å². The fraction of sp³-hybridized carbons (Fsp3) is 0.875. The molecule has 0 aromatic rings. The van der Waals surface area contributed by atoms with Crippen molar-refractivity contribution in [2.45, 2.75) is 25.9 Å². The number of primary amides is 1. The summed E-state index contributed by atoms with van der Waals surface area (Å²) in [5.74, 6) is -0.233. The van der Waals surface area contributed by atoms with Crippen molar-refractivity contribution in [3.8, 4) is 0 Å². The molecule has 0 saturated carbocycles. The molecular weight excluding hydrogens is 154 g/mol. The first-order chi connectivity index (χ1) is 5.63. The van der Waals surface area contributed by atoms with Crippen LogP contribution in [0.3, 0.4) is 0 Å². The Bertz CT molecular complexity index is 172. The van der Waals surface area contributed by atoms with Crippen molar-refractivity contribution in [1.29, 1.82) is 0 Å². The van der Waals surface area contributed by atoms with Crippen molar-refractivity contribution in [3.05, 3.63) is 0 Å². The van der Waals surface area contributed by atoms with Crippen LogP contribution in [0.4, 0.5) is 0 Å². The zero-order valence-electron chi connectivity index (χ0n) is 7.71. The Hall–Kier alpha value is -0.610. The van der Waals surface area contributed by atoms with Gasteiger partial charge in [0.15, 0.2) is 0 Å². The monoisotopic (exact) mass is 171 g/mol. The maximum Gasteiger partial charge on any atom is 0.234 e. The second-order valence-corrected chi connectivity index (χ2v) is 3.37. The van der Waals surface area contributed by atoms with Gasteiger partial charge in [-0.3, -0.25) is 9.69 Å². The van der Waals surface area contributed by atoms with E-state index in [0.717, 1.165) is 19.6 Å². The minimum Gasteiger partial charge on any atom is -0.368 e. The van der Waals surface area contributed by atoms with Crippen LogP contribution in [0.5, 0.6) is 0 Å². The lowest BCUT2D eigenvalue weighted by molar-refractivity contribution is -0.123. The lowest BCUT2D eigenvalue weighted by atomic mass is 10.1. The van der Waals surface area contributed by atoms with E-state index in [1.165, 1.54) is 0 Å². The topological polar surface area (TPSA) is 58.4 Å². The highest BCUT2D eigenvalue weighted by Gasteiger charge is 2.25. The third kappa shape index (κ3) is 1.95. The molecule has 1 aliphatic rings. The molecule has 0 aromatic carbocycles. The maximum atomic E-state index is 10.9. The van der Waals surface area contributed by atoms with Gasteiger partial charge in [0.25, 0.3) is 0 Å². The number of hydrogen-bond acceptors (Lipinski definition) is 3. The standard InChI is InChI=1S/C8H17N3O/c1-6-5-10-3-4-11(6)7(2)8(9)12/h6-7,10H,3-5H2,1-2H3,(H2,9,12). The first-order valence-electron chi connectivity index (χ1n) is 4.38. The Balaban J connectivity index is 2.53. The van der Waals surface area contributed by atoms with E-state index in [0.29, 0.717) is 6.04 Å². The summed E-state index contributed by atoms with van der Waals surface area (Å²) in [6.45, 7) is 6.76. The molecule has 2 unspecified atom stereocenters. The molecule has 1 rings (SSSR count). The number of hydrogen-bond donors (Lipinski definition) is 2. The third-order valence-electron chi connectivity index (χ3n) is 2.46. The van der Waals surface area contributed by atoms with E-state index in [-0.39, 0.29) is 11.9 Å². The highest BCUT2D eigenvalue weighted by Crippen LogP contribution is 2.06. The zero-order chi connectivity index (χ0) is 9.14. The number of carbonyl (C=O) groups is 1. The summed E-state index contributed by atoms with van der Waals surface area (Å²) < 4.78 is 0. The molecule has 12 heavy (non-hydrogen) atoms. The Morgan fingerprint density at radius 2 is 2.42 bits per heavy atom. The molecule has 4 nitrogen and oxygen atoms in total. The van der Waals surface area contributed by atoms with E-state index >= 15 is 0 Å². The first kappa shape index (κ1) is 9.48. The van der Waals surface area contributed by atoms with Gasteiger partial charge in [-0.1, -0.05) is 0 Å². The summed E-state index contributed by atoms with van der Waals surface area (Å²) in [6.07, 6.45) is 0. The van der Waals surface area contributed by atoms with Crippen molar-refractivity contribution in [2.24, 2.45) is 5.73 Å². The van der Waals surface area contributed by atoms with Crippen molar-refractivity contribution < 1.29 is 4.79 Å². The first-order valence-corrected chi connectivity index (χ1v) is 4.38. The van der Waals surface area contributed by atoms with Crippen LogP contribution in [-0.4, -0.2) is 42.5 Å². The van der Waals surface area contributed by atoms with Gasteiger partial charge in [0.05, 0.1) is 6.04 Å². The largest absolute Gasteiger partial charge is 0.368 e. The lowest BCUT2D eigenvalue weighted by Crippen LogP contribution is -2.56. The van der Waals surface area contributed by atoms with Crippen molar-refractivity contribution in [3.63, 3.8) is 0 Å². The Morgan fingerprint density at radius 1 is 1.75 bits per heavy atom. The second kappa shape index (κ2) is 3.87. The molecule has 0 spiro atoms.